The third kappa shape index (κ3) is 2.95. The molecule has 0 unspecified atom stereocenters. The van der Waals surface area contributed by atoms with Gasteiger partial charge in [0.1, 0.15) is 0 Å². The van der Waals surface area contributed by atoms with Gasteiger partial charge in [-0.3, -0.25) is 19.7 Å². The van der Waals surface area contributed by atoms with E-state index in [9.17, 15) is 9.59 Å². The quantitative estimate of drug-likeness (QED) is 0.672. The Kier molecular flexibility index (Phi) is 4.71. The zero-order valence-corrected chi connectivity index (χ0v) is 16.7. The first kappa shape index (κ1) is 18.7. The van der Waals surface area contributed by atoms with E-state index in [1.165, 1.54) is 0 Å². The number of nitrogens with one attached hydrogen (secondary N) is 1. The van der Waals surface area contributed by atoms with E-state index in [2.05, 4.69) is 15.2 Å². The van der Waals surface area contributed by atoms with E-state index in [-0.39, 0.29) is 23.9 Å². The summed E-state index contributed by atoms with van der Waals surface area (Å²) in [7, 11) is 1.57. The number of amides is 2. The van der Waals surface area contributed by atoms with Crippen LogP contribution in [0.2, 0.25) is 0 Å². The normalized spacial score (nSPS) is 22.4. The Morgan fingerprint density at radius 3 is 2.60 bits per heavy atom. The number of rotatable bonds is 4. The average Bonchev–Trinajstić information content (AvgIpc) is 3.22. The molecule has 2 fully saturated rings. The van der Waals surface area contributed by atoms with Gasteiger partial charge in [0.05, 0.1) is 11.6 Å². The third-order valence-corrected chi connectivity index (χ3v) is 6.20. The van der Waals surface area contributed by atoms with E-state index in [0.717, 1.165) is 29.3 Å². The van der Waals surface area contributed by atoms with Crippen LogP contribution in [0.4, 0.5) is 0 Å². The first-order valence-corrected chi connectivity index (χ1v) is 10.2. The Balaban J connectivity index is 1.29. The number of aromatic nitrogens is 3. The van der Waals surface area contributed by atoms with Gasteiger partial charge in [-0.2, -0.15) is 5.10 Å². The molecule has 4 heterocycles. The molecule has 1 N–H and O–H groups in total. The number of carbonyl (C=O) groups is 2. The number of para-hydroxylation sites is 1. The summed E-state index contributed by atoms with van der Waals surface area (Å²) in [6.45, 7) is 1.18. The number of fused-ring (bicyclic) bond motifs is 1. The maximum Gasteiger partial charge on any atom is 0.274 e. The molecule has 1 aromatic carbocycles. The van der Waals surface area contributed by atoms with Crippen molar-refractivity contribution < 1.29 is 14.3 Å². The molecule has 0 aliphatic carbocycles. The lowest BCUT2D eigenvalue weighted by Gasteiger charge is -2.52. The number of piperidine rings is 1. The molecule has 2 saturated heterocycles. The standard InChI is InChI=1S/C22H23N5O3/c1-30-20-19(14-6-10-23-11-7-14)27(22(20)29)15-8-12-26(13-9-15)21(28)18-16-4-2-3-5-17(16)24-25-18/h2-7,10-11,15,19-20H,8-9,12-13H2,1H3,(H,24,25)/t19-,20+/m0/s1. The number of nitrogens with zero attached hydrogens (tertiary/aromatic N) is 4. The van der Waals surface area contributed by atoms with Gasteiger partial charge in [-0.15, -0.1) is 0 Å². The van der Waals surface area contributed by atoms with Gasteiger partial charge in [-0.05, 0) is 36.6 Å². The summed E-state index contributed by atoms with van der Waals surface area (Å²) < 4.78 is 5.45. The second-order valence-electron chi connectivity index (χ2n) is 7.77. The Morgan fingerprint density at radius 1 is 1.13 bits per heavy atom. The highest BCUT2D eigenvalue weighted by atomic mass is 16.5. The van der Waals surface area contributed by atoms with Gasteiger partial charge in [0.2, 0.25) is 0 Å². The van der Waals surface area contributed by atoms with Crippen LogP contribution in [0.25, 0.3) is 10.9 Å². The molecule has 2 atom stereocenters. The van der Waals surface area contributed by atoms with Crippen molar-refractivity contribution in [1.29, 1.82) is 0 Å². The number of β-lactam (4-membered cyclic amide) rings is 1. The van der Waals surface area contributed by atoms with Crippen LogP contribution in [0.5, 0.6) is 0 Å². The predicted molar refractivity (Wildman–Crippen MR) is 110 cm³/mol. The zero-order valence-electron chi connectivity index (χ0n) is 16.7. The molecule has 2 aliphatic rings. The summed E-state index contributed by atoms with van der Waals surface area (Å²) in [5.41, 5.74) is 2.34. The maximum absolute atomic E-state index is 13.0. The SMILES string of the molecule is CO[C@H]1C(=O)N(C2CCN(C(=O)c3n[nH]c4ccccc34)CC2)[C@H]1c1ccncc1. The molecule has 2 amide bonds. The summed E-state index contributed by atoms with van der Waals surface area (Å²) in [6.07, 6.45) is 4.48. The van der Waals surface area contributed by atoms with Gasteiger partial charge in [0, 0.05) is 44.0 Å². The molecule has 5 rings (SSSR count). The van der Waals surface area contributed by atoms with Crippen molar-refractivity contribution in [3.8, 4) is 0 Å². The van der Waals surface area contributed by atoms with E-state index in [1.807, 2.05) is 46.2 Å². The number of carbonyl (C=O) groups excluding carboxylic acids is 2. The van der Waals surface area contributed by atoms with Crippen LogP contribution >= 0.6 is 0 Å². The van der Waals surface area contributed by atoms with Crippen LogP contribution in [0.3, 0.4) is 0 Å². The van der Waals surface area contributed by atoms with Crippen molar-refractivity contribution in [1.82, 2.24) is 25.0 Å². The van der Waals surface area contributed by atoms with Crippen molar-refractivity contribution in [2.45, 2.75) is 31.0 Å². The second-order valence-corrected chi connectivity index (χ2v) is 7.77. The smallest absolute Gasteiger partial charge is 0.274 e. The number of aromatic amines is 1. The van der Waals surface area contributed by atoms with Gasteiger partial charge >= 0.3 is 0 Å². The molecule has 2 aliphatic heterocycles. The summed E-state index contributed by atoms with van der Waals surface area (Å²) in [5.74, 6) is -0.0522. The molecule has 154 valence electrons. The Morgan fingerprint density at radius 2 is 1.87 bits per heavy atom. The number of likely N-dealkylation sites (tertiary alicyclic amines) is 2. The lowest BCUT2D eigenvalue weighted by Crippen LogP contribution is -2.64. The van der Waals surface area contributed by atoms with Gasteiger partial charge in [-0.25, -0.2) is 0 Å². The molecule has 3 aromatic rings. The van der Waals surface area contributed by atoms with Crippen molar-refractivity contribution in [2.24, 2.45) is 0 Å². The van der Waals surface area contributed by atoms with Crippen LogP contribution in [0.15, 0.2) is 48.8 Å². The first-order chi connectivity index (χ1) is 14.7. The third-order valence-electron chi connectivity index (χ3n) is 6.20. The van der Waals surface area contributed by atoms with Crippen LogP contribution < -0.4 is 0 Å². The van der Waals surface area contributed by atoms with Crippen LogP contribution in [0.1, 0.15) is 34.9 Å². The van der Waals surface area contributed by atoms with Crippen LogP contribution in [-0.2, 0) is 9.53 Å². The maximum atomic E-state index is 13.0. The molecule has 0 spiro atoms. The number of H-pyrrole nitrogens is 1. The number of ether oxygens (including phenoxy) is 1. The lowest BCUT2D eigenvalue weighted by atomic mass is 9.86. The van der Waals surface area contributed by atoms with Crippen molar-refractivity contribution >= 4 is 22.7 Å². The number of hydrogen-bond acceptors (Lipinski definition) is 5. The fraction of sp³-hybridized carbons (Fsp3) is 0.364. The summed E-state index contributed by atoms with van der Waals surface area (Å²) in [5, 5.41) is 7.99. The van der Waals surface area contributed by atoms with E-state index in [0.29, 0.717) is 18.8 Å². The van der Waals surface area contributed by atoms with Crippen LogP contribution in [0, 0.1) is 0 Å². The predicted octanol–water partition coefficient (Wildman–Crippen LogP) is 2.16. The number of benzene rings is 1. The minimum Gasteiger partial charge on any atom is -0.369 e. The first-order valence-electron chi connectivity index (χ1n) is 10.2. The molecule has 30 heavy (non-hydrogen) atoms. The van der Waals surface area contributed by atoms with E-state index >= 15 is 0 Å². The fourth-order valence-corrected chi connectivity index (χ4v) is 4.64. The van der Waals surface area contributed by atoms with Gasteiger partial charge in [0.15, 0.2) is 11.8 Å². The molecule has 0 bridgehead atoms. The number of hydrogen-bond donors (Lipinski definition) is 1. The highest BCUT2D eigenvalue weighted by Crippen LogP contribution is 2.40. The van der Waals surface area contributed by atoms with Gasteiger partial charge in [0.25, 0.3) is 11.8 Å². The summed E-state index contributed by atoms with van der Waals surface area (Å²) >= 11 is 0. The van der Waals surface area contributed by atoms with Crippen molar-refractivity contribution in [2.75, 3.05) is 20.2 Å². The highest BCUT2D eigenvalue weighted by Gasteiger charge is 2.51. The van der Waals surface area contributed by atoms with Crippen molar-refractivity contribution in [3.63, 3.8) is 0 Å². The average molecular weight is 405 g/mol. The second kappa shape index (κ2) is 7.53. The Labute approximate surface area is 173 Å². The monoisotopic (exact) mass is 405 g/mol. The highest BCUT2D eigenvalue weighted by molar-refractivity contribution is 6.04. The van der Waals surface area contributed by atoms with E-state index in [1.54, 1.807) is 19.5 Å². The Hall–Kier alpha value is -3.26. The summed E-state index contributed by atoms with van der Waals surface area (Å²) in [4.78, 5) is 33.6. The molecule has 2 aromatic heterocycles. The number of methoxy groups -OCH3 is 1. The van der Waals surface area contributed by atoms with Gasteiger partial charge < -0.3 is 14.5 Å². The minimum absolute atomic E-state index is 0.0161. The summed E-state index contributed by atoms with van der Waals surface area (Å²) in [6, 6.07) is 11.5. The lowest BCUT2D eigenvalue weighted by molar-refractivity contribution is -0.178. The topological polar surface area (TPSA) is 91.4 Å². The molecule has 8 heteroatoms. The minimum atomic E-state index is -0.456. The van der Waals surface area contributed by atoms with E-state index in [4.69, 9.17) is 4.74 Å². The van der Waals surface area contributed by atoms with E-state index < -0.39 is 6.10 Å². The largest absolute Gasteiger partial charge is 0.369 e. The molecule has 8 nitrogen and oxygen atoms in total. The van der Waals surface area contributed by atoms with Crippen LogP contribution in [-0.4, -0.2) is 69.1 Å². The molecule has 0 saturated carbocycles. The number of pyridine rings is 1. The molecular formula is C22H23N5O3. The van der Waals surface area contributed by atoms with Crippen molar-refractivity contribution in [3.05, 3.63) is 60.0 Å². The molecule has 0 radical (unpaired) electrons. The zero-order chi connectivity index (χ0) is 20.7. The fourth-order valence-electron chi connectivity index (χ4n) is 4.64. The Bertz CT molecular complexity index is 1070. The molecular weight excluding hydrogens is 382 g/mol. The van der Waals surface area contributed by atoms with Gasteiger partial charge in [-0.1, -0.05) is 18.2 Å².